The molecule has 0 spiro atoms. The van der Waals surface area contributed by atoms with Crippen molar-refractivity contribution in [1.82, 2.24) is 0 Å². The molecule has 0 aliphatic rings. The van der Waals surface area contributed by atoms with E-state index in [1.54, 1.807) is 24.3 Å². The van der Waals surface area contributed by atoms with E-state index in [4.69, 9.17) is 14.2 Å². The Kier molecular flexibility index (Phi) is 8.61. The molecule has 1 N–H and O–H groups in total. The Morgan fingerprint density at radius 2 is 1.87 bits per heavy atom. The largest absolute Gasteiger partial charge is 0.493 e. The molecular formula is C21H21F2NO6. The minimum absolute atomic E-state index is 0.0816. The van der Waals surface area contributed by atoms with Crippen molar-refractivity contribution < 1.29 is 37.3 Å². The molecule has 0 fully saturated rings. The molecular weight excluding hydrogens is 400 g/mol. The molecule has 30 heavy (non-hydrogen) atoms. The molecule has 0 radical (unpaired) electrons. The molecule has 0 unspecified atom stereocenters. The van der Waals surface area contributed by atoms with Gasteiger partial charge in [-0.3, -0.25) is 4.79 Å². The summed E-state index contributed by atoms with van der Waals surface area (Å²) in [6.45, 7) is -1.22. The monoisotopic (exact) mass is 421 g/mol. The number of hydrogen-bond donors (Lipinski definition) is 1. The van der Waals surface area contributed by atoms with E-state index in [1.165, 1.54) is 31.4 Å². The van der Waals surface area contributed by atoms with Gasteiger partial charge in [0.15, 0.2) is 18.1 Å². The second-order valence-electron chi connectivity index (χ2n) is 5.71. The first-order chi connectivity index (χ1) is 14.4. The molecule has 9 heteroatoms. The molecule has 0 heterocycles. The lowest BCUT2D eigenvalue weighted by Gasteiger charge is -2.11. The van der Waals surface area contributed by atoms with Crippen molar-refractivity contribution in [3.63, 3.8) is 0 Å². The molecule has 0 saturated heterocycles. The van der Waals surface area contributed by atoms with Crippen molar-refractivity contribution in [2.75, 3.05) is 25.6 Å². The summed E-state index contributed by atoms with van der Waals surface area (Å²) in [6, 6.07) is 11.0. The fourth-order valence-corrected chi connectivity index (χ4v) is 2.37. The molecule has 0 aliphatic carbocycles. The topological polar surface area (TPSA) is 83.1 Å². The number of carbonyl (C=O) groups is 2. The average molecular weight is 421 g/mol. The third-order valence-electron chi connectivity index (χ3n) is 3.62. The Hall–Kier alpha value is -3.62. The van der Waals surface area contributed by atoms with Crippen LogP contribution in [0.1, 0.15) is 12.5 Å². The number of benzene rings is 2. The molecule has 0 aromatic heterocycles. The first-order valence-corrected chi connectivity index (χ1v) is 8.92. The van der Waals surface area contributed by atoms with Crippen molar-refractivity contribution in [2.24, 2.45) is 0 Å². The minimum atomic E-state index is -2.98. The fraction of sp³-hybridized carbons (Fsp3) is 0.238. The van der Waals surface area contributed by atoms with Crippen LogP contribution in [-0.2, 0) is 14.3 Å². The summed E-state index contributed by atoms with van der Waals surface area (Å²) in [4.78, 5) is 23.8. The van der Waals surface area contributed by atoms with E-state index in [9.17, 15) is 18.4 Å². The zero-order valence-electron chi connectivity index (χ0n) is 16.4. The van der Waals surface area contributed by atoms with Gasteiger partial charge in [0.1, 0.15) is 5.75 Å². The summed E-state index contributed by atoms with van der Waals surface area (Å²) in [5.41, 5.74) is 0.953. The van der Waals surface area contributed by atoms with Crippen LogP contribution >= 0.6 is 0 Å². The normalized spacial score (nSPS) is 10.7. The Morgan fingerprint density at radius 3 is 2.57 bits per heavy atom. The van der Waals surface area contributed by atoms with Crippen molar-refractivity contribution >= 4 is 23.6 Å². The summed E-state index contributed by atoms with van der Waals surface area (Å²) < 4.78 is 44.3. The number of methoxy groups -OCH3 is 1. The van der Waals surface area contributed by atoms with Crippen LogP contribution in [0, 0.1) is 0 Å². The molecule has 0 aliphatic heterocycles. The second kappa shape index (κ2) is 11.4. The van der Waals surface area contributed by atoms with Crippen LogP contribution in [0.25, 0.3) is 6.08 Å². The van der Waals surface area contributed by atoms with Gasteiger partial charge >= 0.3 is 12.6 Å². The van der Waals surface area contributed by atoms with Gasteiger partial charge in [0.25, 0.3) is 5.91 Å². The quantitative estimate of drug-likeness (QED) is 0.463. The molecule has 0 bridgehead atoms. The van der Waals surface area contributed by atoms with Crippen LogP contribution < -0.4 is 19.5 Å². The van der Waals surface area contributed by atoms with E-state index in [0.717, 1.165) is 6.08 Å². The summed E-state index contributed by atoms with van der Waals surface area (Å²) in [5.74, 6) is -0.823. The van der Waals surface area contributed by atoms with Gasteiger partial charge in [-0.05, 0) is 42.8 Å². The Morgan fingerprint density at radius 1 is 1.10 bits per heavy atom. The van der Waals surface area contributed by atoms with Crippen LogP contribution in [0.3, 0.4) is 0 Å². The van der Waals surface area contributed by atoms with Gasteiger partial charge in [-0.1, -0.05) is 18.2 Å². The SMILES string of the molecule is CCOc1ccccc1NC(=O)COC(=O)/C=C/c1ccc(OC(F)F)c(OC)c1. The molecule has 7 nitrogen and oxygen atoms in total. The van der Waals surface area contributed by atoms with E-state index in [0.29, 0.717) is 23.6 Å². The average Bonchev–Trinajstić information content (AvgIpc) is 2.72. The highest BCUT2D eigenvalue weighted by molar-refractivity contribution is 5.95. The van der Waals surface area contributed by atoms with Crippen molar-refractivity contribution in [2.45, 2.75) is 13.5 Å². The van der Waals surface area contributed by atoms with Gasteiger partial charge in [0.2, 0.25) is 0 Å². The number of rotatable bonds is 10. The summed E-state index contributed by atoms with van der Waals surface area (Å²) in [5, 5.41) is 2.60. The number of halogens is 2. The fourth-order valence-electron chi connectivity index (χ4n) is 2.37. The lowest BCUT2D eigenvalue weighted by Crippen LogP contribution is -2.20. The van der Waals surface area contributed by atoms with Crippen LogP contribution in [-0.4, -0.2) is 38.8 Å². The molecule has 2 aromatic carbocycles. The van der Waals surface area contributed by atoms with Crippen LogP contribution in [0.4, 0.5) is 14.5 Å². The number of hydrogen-bond acceptors (Lipinski definition) is 6. The highest BCUT2D eigenvalue weighted by Crippen LogP contribution is 2.29. The highest BCUT2D eigenvalue weighted by Gasteiger charge is 2.11. The van der Waals surface area contributed by atoms with Crippen molar-refractivity contribution in [3.05, 3.63) is 54.1 Å². The Labute approximate surface area is 172 Å². The maximum absolute atomic E-state index is 12.3. The van der Waals surface area contributed by atoms with Crippen molar-refractivity contribution in [1.29, 1.82) is 0 Å². The summed E-state index contributed by atoms with van der Waals surface area (Å²) in [7, 11) is 1.30. The molecule has 2 rings (SSSR count). The number of ether oxygens (including phenoxy) is 4. The molecule has 160 valence electrons. The van der Waals surface area contributed by atoms with Gasteiger partial charge in [0, 0.05) is 6.08 Å². The summed E-state index contributed by atoms with van der Waals surface area (Å²) in [6.07, 6.45) is 2.49. The lowest BCUT2D eigenvalue weighted by atomic mass is 10.2. The van der Waals surface area contributed by atoms with E-state index in [-0.39, 0.29) is 11.5 Å². The Bertz CT molecular complexity index is 901. The molecule has 2 aromatic rings. The van der Waals surface area contributed by atoms with Crippen LogP contribution in [0.2, 0.25) is 0 Å². The van der Waals surface area contributed by atoms with Gasteiger partial charge in [-0.2, -0.15) is 8.78 Å². The number of alkyl halides is 2. The van der Waals surface area contributed by atoms with E-state index in [2.05, 4.69) is 10.1 Å². The lowest BCUT2D eigenvalue weighted by molar-refractivity contribution is -0.142. The van der Waals surface area contributed by atoms with Crippen LogP contribution in [0.5, 0.6) is 17.2 Å². The number of carbonyl (C=O) groups excluding carboxylic acids is 2. The first kappa shape index (κ1) is 22.7. The Balaban J connectivity index is 1.90. The predicted octanol–water partition coefficient (Wildman–Crippen LogP) is 3.89. The van der Waals surface area contributed by atoms with Crippen molar-refractivity contribution in [3.8, 4) is 17.2 Å². The third kappa shape index (κ3) is 7.08. The number of anilines is 1. The third-order valence-corrected chi connectivity index (χ3v) is 3.62. The molecule has 0 saturated carbocycles. The second-order valence-corrected chi connectivity index (χ2v) is 5.71. The standard InChI is InChI=1S/C21H21F2NO6/c1-3-28-16-7-5-4-6-15(16)24-19(25)13-29-20(26)11-9-14-8-10-17(30-21(22)23)18(12-14)27-2/h4-12,21H,3,13H2,1-2H3,(H,24,25)/b11-9+. The number of esters is 1. The van der Waals surface area contributed by atoms with E-state index in [1.807, 2.05) is 6.92 Å². The smallest absolute Gasteiger partial charge is 0.387 e. The maximum atomic E-state index is 12.3. The number of amides is 1. The van der Waals surface area contributed by atoms with Gasteiger partial charge in [-0.15, -0.1) is 0 Å². The van der Waals surface area contributed by atoms with Gasteiger partial charge in [-0.25, -0.2) is 4.79 Å². The first-order valence-electron chi connectivity index (χ1n) is 8.92. The highest BCUT2D eigenvalue weighted by atomic mass is 19.3. The predicted molar refractivity (Wildman–Crippen MR) is 106 cm³/mol. The zero-order valence-corrected chi connectivity index (χ0v) is 16.4. The number of para-hydroxylation sites is 2. The zero-order chi connectivity index (χ0) is 21.9. The van der Waals surface area contributed by atoms with E-state index < -0.39 is 25.1 Å². The molecule has 1 amide bonds. The van der Waals surface area contributed by atoms with Gasteiger partial charge < -0.3 is 24.3 Å². The van der Waals surface area contributed by atoms with E-state index >= 15 is 0 Å². The van der Waals surface area contributed by atoms with Crippen LogP contribution in [0.15, 0.2) is 48.5 Å². The molecule has 0 atom stereocenters. The number of nitrogens with one attached hydrogen (secondary N) is 1. The maximum Gasteiger partial charge on any atom is 0.387 e. The minimum Gasteiger partial charge on any atom is -0.493 e. The summed E-state index contributed by atoms with van der Waals surface area (Å²) >= 11 is 0. The van der Waals surface area contributed by atoms with Gasteiger partial charge in [0.05, 0.1) is 19.4 Å².